The predicted molar refractivity (Wildman–Crippen MR) is 73.7 cm³/mol. The van der Waals surface area contributed by atoms with Gasteiger partial charge in [0.25, 0.3) is 0 Å². The number of hydrogen-bond donors (Lipinski definition) is 2. The Labute approximate surface area is 109 Å². The van der Waals surface area contributed by atoms with Gasteiger partial charge in [-0.1, -0.05) is 18.2 Å². The molecule has 1 saturated carbocycles. The van der Waals surface area contributed by atoms with Gasteiger partial charge in [0.1, 0.15) is 0 Å². The molecule has 2 aliphatic rings. The summed E-state index contributed by atoms with van der Waals surface area (Å²) >= 11 is 0. The molecule has 1 fully saturated rings. The van der Waals surface area contributed by atoms with E-state index in [0.29, 0.717) is 6.04 Å². The average Bonchev–Trinajstić information content (AvgIpc) is 2.80. The highest BCUT2D eigenvalue weighted by atomic mass is 16.3. The molecule has 0 bridgehead atoms. The topological polar surface area (TPSA) is 32.3 Å². The third kappa shape index (κ3) is 2.32. The van der Waals surface area contributed by atoms with Crippen molar-refractivity contribution >= 4 is 0 Å². The van der Waals surface area contributed by atoms with Gasteiger partial charge in [-0.15, -0.1) is 0 Å². The Kier molecular flexibility index (Phi) is 3.16. The molecule has 1 unspecified atom stereocenters. The van der Waals surface area contributed by atoms with Crippen molar-refractivity contribution in [2.24, 2.45) is 0 Å². The smallest absolute Gasteiger partial charge is 0.0771 e. The molecule has 0 heterocycles. The molecule has 2 heteroatoms. The van der Waals surface area contributed by atoms with Crippen molar-refractivity contribution in [3.63, 3.8) is 0 Å². The molecule has 2 nitrogen and oxygen atoms in total. The maximum absolute atomic E-state index is 10.1. The Morgan fingerprint density at radius 3 is 2.72 bits per heavy atom. The van der Waals surface area contributed by atoms with Crippen LogP contribution in [-0.2, 0) is 12.8 Å². The second-order valence-electron chi connectivity index (χ2n) is 6.06. The summed E-state index contributed by atoms with van der Waals surface area (Å²) in [5, 5.41) is 13.6. The quantitative estimate of drug-likeness (QED) is 0.855. The number of nitrogens with one attached hydrogen (secondary N) is 1. The van der Waals surface area contributed by atoms with E-state index in [1.165, 1.54) is 42.4 Å². The molecule has 0 aromatic heterocycles. The van der Waals surface area contributed by atoms with Crippen molar-refractivity contribution in [1.82, 2.24) is 5.32 Å². The van der Waals surface area contributed by atoms with Crippen LogP contribution in [-0.4, -0.2) is 17.3 Å². The lowest BCUT2D eigenvalue weighted by Gasteiger charge is -2.37. The minimum Gasteiger partial charge on any atom is -0.389 e. The number of aliphatic hydroxyl groups is 1. The lowest BCUT2D eigenvalue weighted by Crippen LogP contribution is -2.46. The van der Waals surface area contributed by atoms with Crippen LogP contribution in [0.4, 0.5) is 0 Å². The summed E-state index contributed by atoms with van der Waals surface area (Å²) in [5.41, 5.74) is 4.00. The summed E-state index contributed by atoms with van der Waals surface area (Å²) in [4.78, 5) is 0. The summed E-state index contributed by atoms with van der Waals surface area (Å²) in [5.74, 6) is 0. The van der Waals surface area contributed by atoms with E-state index in [9.17, 15) is 5.11 Å². The molecule has 0 aliphatic heterocycles. The molecular formula is C16H23NO. The fourth-order valence-electron chi connectivity index (χ4n) is 3.08. The molecule has 0 radical (unpaired) electrons. The molecule has 1 aromatic rings. The van der Waals surface area contributed by atoms with Crippen molar-refractivity contribution in [1.29, 1.82) is 0 Å². The zero-order valence-electron chi connectivity index (χ0n) is 11.2. The molecule has 1 aromatic carbocycles. The van der Waals surface area contributed by atoms with Gasteiger partial charge in [-0.2, -0.15) is 0 Å². The maximum Gasteiger partial charge on any atom is 0.0771 e. The number of rotatable bonds is 4. The lowest BCUT2D eigenvalue weighted by molar-refractivity contribution is -0.0329. The summed E-state index contributed by atoms with van der Waals surface area (Å²) in [6, 6.07) is 7.21. The van der Waals surface area contributed by atoms with E-state index in [4.69, 9.17) is 0 Å². The van der Waals surface area contributed by atoms with E-state index in [0.717, 1.165) is 19.4 Å². The summed E-state index contributed by atoms with van der Waals surface area (Å²) in [7, 11) is 0. The van der Waals surface area contributed by atoms with Gasteiger partial charge in [-0.05, 0) is 62.1 Å². The Morgan fingerprint density at radius 2 is 2.00 bits per heavy atom. The van der Waals surface area contributed by atoms with Crippen LogP contribution in [0.1, 0.15) is 55.3 Å². The molecule has 0 saturated heterocycles. The second kappa shape index (κ2) is 4.67. The van der Waals surface area contributed by atoms with Gasteiger partial charge >= 0.3 is 0 Å². The molecule has 3 rings (SSSR count). The first-order valence-corrected chi connectivity index (χ1v) is 7.24. The van der Waals surface area contributed by atoms with Crippen molar-refractivity contribution in [3.8, 4) is 0 Å². The highest BCUT2D eigenvalue weighted by molar-refractivity contribution is 5.36. The molecular weight excluding hydrogens is 222 g/mol. The highest BCUT2D eigenvalue weighted by Gasteiger charge is 2.34. The standard InChI is InChI=1S/C16H23NO/c1-12(17-11-16(18)8-3-9-16)14-7-6-13-4-2-5-15(13)10-14/h6-7,10,12,17-18H,2-5,8-9,11H2,1H3. The minimum atomic E-state index is -0.426. The molecule has 1 atom stereocenters. The minimum absolute atomic E-state index is 0.334. The second-order valence-corrected chi connectivity index (χ2v) is 6.06. The lowest BCUT2D eigenvalue weighted by atomic mass is 9.80. The van der Waals surface area contributed by atoms with Gasteiger partial charge in [-0.25, -0.2) is 0 Å². The van der Waals surface area contributed by atoms with Crippen LogP contribution >= 0.6 is 0 Å². The SMILES string of the molecule is CC(NCC1(O)CCC1)c1ccc2c(c1)CCC2. The van der Waals surface area contributed by atoms with Crippen LogP contribution in [0.15, 0.2) is 18.2 Å². The van der Waals surface area contributed by atoms with E-state index < -0.39 is 5.60 Å². The monoisotopic (exact) mass is 245 g/mol. The van der Waals surface area contributed by atoms with Crippen LogP contribution < -0.4 is 5.32 Å². The van der Waals surface area contributed by atoms with Crippen molar-refractivity contribution < 1.29 is 5.11 Å². The van der Waals surface area contributed by atoms with Crippen LogP contribution in [0.3, 0.4) is 0 Å². The van der Waals surface area contributed by atoms with E-state index in [2.05, 4.69) is 30.4 Å². The first-order chi connectivity index (χ1) is 8.66. The number of aryl methyl sites for hydroxylation is 2. The van der Waals surface area contributed by atoms with Crippen LogP contribution in [0.25, 0.3) is 0 Å². The molecule has 0 amide bonds. The zero-order chi connectivity index (χ0) is 12.6. The summed E-state index contributed by atoms with van der Waals surface area (Å²) in [6.07, 6.45) is 6.87. The Hall–Kier alpha value is -0.860. The molecule has 2 aliphatic carbocycles. The van der Waals surface area contributed by atoms with Crippen molar-refractivity contribution in [2.75, 3.05) is 6.54 Å². The van der Waals surface area contributed by atoms with Gasteiger partial charge in [-0.3, -0.25) is 0 Å². The van der Waals surface area contributed by atoms with Gasteiger partial charge in [0, 0.05) is 12.6 Å². The van der Waals surface area contributed by atoms with E-state index in [1.54, 1.807) is 0 Å². The van der Waals surface area contributed by atoms with Crippen LogP contribution in [0.5, 0.6) is 0 Å². The fourth-order valence-corrected chi connectivity index (χ4v) is 3.08. The fraction of sp³-hybridized carbons (Fsp3) is 0.625. The highest BCUT2D eigenvalue weighted by Crippen LogP contribution is 2.31. The summed E-state index contributed by atoms with van der Waals surface area (Å²) < 4.78 is 0. The van der Waals surface area contributed by atoms with Crippen LogP contribution in [0.2, 0.25) is 0 Å². The predicted octanol–water partition coefficient (Wildman–Crippen LogP) is 2.74. The van der Waals surface area contributed by atoms with Gasteiger partial charge in [0.2, 0.25) is 0 Å². The molecule has 0 spiro atoms. The first kappa shape index (κ1) is 12.2. The van der Waals surface area contributed by atoms with E-state index in [1.807, 2.05) is 0 Å². The van der Waals surface area contributed by atoms with E-state index in [-0.39, 0.29) is 0 Å². The third-order valence-corrected chi connectivity index (χ3v) is 4.64. The average molecular weight is 245 g/mol. The third-order valence-electron chi connectivity index (χ3n) is 4.64. The first-order valence-electron chi connectivity index (χ1n) is 7.24. The van der Waals surface area contributed by atoms with Gasteiger partial charge in [0.15, 0.2) is 0 Å². The molecule has 2 N–H and O–H groups in total. The Bertz CT molecular complexity index is 437. The van der Waals surface area contributed by atoms with Crippen LogP contribution in [0, 0.1) is 0 Å². The number of benzene rings is 1. The number of hydrogen-bond acceptors (Lipinski definition) is 2. The molecule has 18 heavy (non-hydrogen) atoms. The largest absolute Gasteiger partial charge is 0.389 e. The normalized spacial score (nSPS) is 22.3. The molecule has 98 valence electrons. The van der Waals surface area contributed by atoms with Gasteiger partial charge < -0.3 is 10.4 Å². The zero-order valence-corrected chi connectivity index (χ0v) is 11.2. The van der Waals surface area contributed by atoms with Crippen molar-refractivity contribution in [3.05, 3.63) is 34.9 Å². The van der Waals surface area contributed by atoms with E-state index >= 15 is 0 Å². The van der Waals surface area contributed by atoms with Crippen molar-refractivity contribution in [2.45, 2.75) is 57.1 Å². The summed E-state index contributed by atoms with van der Waals surface area (Å²) in [6.45, 7) is 2.92. The van der Waals surface area contributed by atoms with Gasteiger partial charge in [0.05, 0.1) is 5.60 Å². The Balaban J connectivity index is 1.63. The number of fused-ring (bicyclic) bond motifs is 1. The Morgan fingerprint density at radius 1 is 1.22 bits per heavy atom. The maximum atomic E-state index is 10.1.